The van der Waals surface area contributed by atoms with Gasteiger partial charge in [-0.05, 0) is 30.5 Å². The zero-order valence-corrected chi connectivity index (χ0v) is 14.3. The van der Waals surface area contributed by atoms with Crippen LogP contribution in [0.4, 0.5) is 0 Å². The van der Waals surface area contributed by atoms with Crippen molar-refractivity contribution >= 4 is 11.9 Å². The van der Waals surface area contributed by atoms with Gasteiger partial charge >= 0.3 is 11.7 Å². The summed E-state index contributed by atoms with van der Waals surface area (Å²) in [5.74, 6) is -1.42. The van der Waals surface area contributed by atoms with Crippen LogP contribution in [0, 0.1) is 0 Å². The van der Waals surface area contributed by atoms with Crippen molar-refractivity contribution in [3.63, 3.8) is 0 Å². The molecule has 2 N–H and O–H groups in total. The van der Waals surface area contributed by atoms with Gasteiger partial charge in [0.1, 0.15) is 5.56 Å². The van der Waals surface area contributed by atoms with Crippen molar-refractivity contribution in [1.82, 2.24) is 14.5 Å². The van der Waals surface area contributed by atoms with Crippen molar-refractivity contribution in [3.8, 4) is 0 Å². The Morgan fingerprint density at radius 2 is 2.04 bits per heavy atom. The molecule has 2 heterocycles. The Kier molecular flexibility index (Phi) is 4.75. The van der Waals surface area contributed by atoms with Crippen LogP contribution < -0.4 is 11.2 Å². The fourth-order valence-corrected chi connectivity index (χ4v) is 3.25. The minimum absolute atomic E-state index is 0.00128. The first kappa shape index (κ1) is 17.7. The van der Waals surface area contributed by atoms with Crippen molar-refractivity contribution in [1.29, 1.82) is 0 Å². The van der Waals surface area contributed by atoms with Crippen LogP contribution in [0.1, 0.15) is 45.0 Å². The summed E-state index contributed by atoms with van der Waals surface area (Å²) in [4.78, 5) is 51.0. The number of rotatable bonds is 3. The van der Waals surface area contributed by atoms with Crippen molar-refractivity contribution in [2.24, 2.45) is 7.05 Å². The fraction of sp³-hybridized carbons (Fsp3) is 0.333. The largest absolute Gasteiger partial charge is 0.478 e. The van der Waals surface area contributed by atoms with E-state index in [-0.39, 0.29) is 17.0 Å². The van der Waals surface area contributed by atoms with Crippen molar-refractivity contribution in [2.75, 3.05) is 13.1 Å². The molecule has 0 spiro atoms. The molecule has 0 saturated carbocycles. The summed E-state index contributed by atoms with van der Waals surface area (Å²) in [6.45, 7) is 0.903. The van der Waals surface area contributed by atoms with Crippen molar-refractivity contribution in [3.05, 3.63) is 68.0 Å². The van der Waals surface area contributed by atoms with Gasteiger partial charge in [-0.2, -0.15) is 0 Å². The molecule has 0 bridgehead atoms. The van der Waals surface area contributed by atoms with Crippen LogP contribution in [-0.4, -0.2) is 44.5 Å². The highest BCUT2D eigenvalue weighted by atomic mass is 16.4. The molecule has 0 aliphatic carbocycles. The first-order chi connectivity index (χ1) is 12.4. The van der Waals surface area contributed by atoms with Gasteiger partial charge < -0.3 is 14.6 Å². The number of H-pyrrole nitrogens is 1. The van der Waals surface area contributed by atoms with Crippen LogP contribution >= 0.6 is 0 Å². The second-order valence-electron chi connectivity index (χ2n) is 6.43. The number of hydrogen-bond acceptors (Lipinski definition) is 4. The van der Waals surface area contributed by atoms with E-state index in [2.05, 4.69) is 4.98 Å². The molecule has 1 aromatic carbocycles. The SMILES string of the molecule is Cn1cc(C(=O)N2CCCC(c3cccc(C(=O)O)c3)C2)c(=O)[nH]c1=O. The third kappa shape index (κ3) is 3.44. The molecule has 3 rings (SSSR count). The molecule has 8 heteroatoms. The summed E-state index contributed by atoms with van der Waals surface area (Å²) in [7, 11) is 1.46. The molecule has 26 heavy (non-hydrogen) atoms. The predicted molar refractivity (Wildman–Crippen MR) is 93.6 cm³/mol. The smallest absolute Gasteiger partial charge is 0.335 e. The molecule has 1 fully saturated rings. The van der Waals surface area contributed by atoms with E-state index < -0.39 is 23.1 Å². The van der Waals surface area contributed by atoms with Crippen LogP contribution in [0.3, 0.4) is 0 Å². The van der Waals surface area contributed by atoms with Gasteiger partial charge in [0.15, 0.2) is 0 Å². The highest BCUT2D eigenvalue weighted by Gasteiger charge is 2.27. The monoisotopic (exact) mass is 357 g/mol. The van der Waals surface area contributed by atoms with Crippen LogP contribution in [-0.2, 0) is 7.05 Å². The highest BCUT2D eigenvalue weighted by molar-refractivity contribution is 5.93. The van der Waals surface area contributed by atoms with E-state index in [9.17, 15) is 19.2 Å². The highest BCUT2D eigenvalue weighted by Crippen LogP contribution is 2.28. The maximum absolute atomic E-state index is 12.7. The van der Waals surface area contributed by atoms with Crippen molar-refractivity contribution in [2.45, 2.75) is 18.8 Å². The summed E-state index contributed by atoms with van der Waals surface area (Å²) >= 11 is 0. The second kappa shape index (κ2) is 6.99. The van der Waals surface area contributed by atoms with Gasteiger partial charge in [-0.25, -0.2) is 9.59 Å². The second-order valence-corrected chi connectivity index (χ2v) is 6.43. The van der Waals surface area contributed by atoms with Crippen LogP contribution in [0.25, 0.3) is 0 Å². The number of carboxylic acid groups (broad SMARTS) is 1. The maximum Gasteiger partial charge on any atom is 0.335 e. The lowest BCUT2D eigenvalue weighted by atomic mass is 9.89. The molecule has 1 aliphatic heterocycles. The van der Waals surface area contributed by atoms with Crippen LogP contribution in [0.5, 0.6) is 0 Å². The average Bonchev–Trinajstić information content (AvgIpc) is 2.64. The third-order valence-electron chi connectivity index (χ3n) is 4.65. The predicted octanol–water partition coefficient (Wildman–Crippen LogP) is 0.792. The van der Waals surface area contributed by atoms with Gasteiger partial charge in [-0.3, -0.25) is 14.6 Å². The van der Waals surface area contributed by atoms with Crippen LogP contribution in [0.15, 0.2) is 40.1 Å². The molecule has 1 atom stereocenters. The third-order valence-corrected chi connectivity index (χ3v) is 4.65. The lowest BCUT2D eigenvalue weighted by Crippen LogP contribution is -2.43. The number of likely N-dealkylation sites (tertiary alicyclic amines) is 1. The van der Waals surface area contributed by atoms with Gasteiger partial charge in [0.25, 0.3) is 11.5 Å². The first-order valence-corrected chi connectivity index (χ1v) is 8.29. The minimum atomic E-state index is -0.993. The zero-order chi connectivity index (χ0) is 18.8. The minimum Gasteiger partial charge on any atom is -0.478 e. The number of amides is 1. The number of piperidine rings is 1. The molecule has 1 aliphatic rings. The zero-order valence-electron chi connectivity index (χ0n) is 14.3. The Hall–Kier alpha value is -3.16. The lowest BCUT2D eigenvalue weighted by Gasteiger charge is -2.33. The standard InChI is InChI=1S/C18H19N3O5/c1-20-10-14(15(22)19-18(20)26)16(23)21-7-3-6-13(9-21)11-4-2-5-12(8-11)17(24)25/h2,4-5,8,10,13H,3,6-7,9H2,1H3,(H,24,25)(H,19,22,26). The molecule has 2 aromatic rings. The van der Waals surface area contributed by atoms with E-state index in [4.69, 9.17) is 5.11 Å². The fourth-order valence-electron chi connectivity index (χ4n) is 3.25. The van der Waals surface area contributed by atoms with Crippen molar-refractivity contribution < 1.29 is 14.7 Å². The van der Waals surface area contributed by atoms with Crippen LogP contribution in [0.2, 0.25) is 0 Å². The topological polar surface area (TPSA) is 112 Å². The summed E-state index contributed by atoms with van der Waals surface area (Å²) in [6.07, 6.45) is 2.83. The van der Waals surface area contributed by atoms with Gasteiger partial charge in [0.05, 0.1) is 5.56 Å². The lowest BCUT2D eigenvalue weighted by molar-refractivity contribution is 0.0686. The molecule has 1 amide bonds. The molecule has 1 aromatic heterocycles. The number of nitrogens with one attached hydrogen (secondary N) is 1. The number of benzene rings is 1. The summed E-state index contributed by atoms with van der Waals surface area (Å²) in [6, 6.07) is 6.70. The summed E-state index contributed by atoms with van der Waals surface area (Å²) in [5, 5.41) is 9.14. The molecular weight excluding hydrogens is 338 g/mol. The first-order valence-electron chi connectivity index (χ1n) is 8.29. The van der Waals surface area contributed by atoms with Gasteiger partial charge in [-0.15, -0.1) is 0 Å². The van der Waals surface area contributed by atoms with Gasteiger partial charge in [0, 0.05) is 32.3 Å². The Balaban J connectivity index is 1.85. The van der Waals surface area contributed by atoms with E-state index in [0.717, 1.165) is 23.0 Å². The Morgan fingerprint density at radius 3 is 2.77 bits per heavy atom. The number of nitrogens with zero attached hydrogens (tertiary/aromatic N) is 2. The molecule has 0 radical (unpaired) electrons. The Labute approximate surface area is 148 Å². The summed E-state index contributed by atoms with van der Waals surface area (Å²) in [5.41, 5.74) is -0.286. The maximum atomic E-state index is 12.7. The number of hydrogen-bond donors (Lipinski definition) is 2. The number of carbonyl (C=O) groups excluding carboxylic acids is 1. The number of aromatic amines is 1. The molecular formula is C18H19N3O5. The van der Waals surface area contributed by atoms with E-state index in [1.54, 1.807) is 17.0 Å². The quantitative estimate of drug-likeness (QED) is 0.843. The number of carboxylic acids is 1. The molecule has 1 saturated heterocycles. The van der Waals surface area contributed by atoms with Gasteiger partial charge in [-0.1, -0.05) is 12.1 Å². The number of aromatic carboxylic acids is 1. The van der Waals surface area contributed by atoms with Gasteiger partial charge in [0.2, 0.25) is 0 Å². The number of aromatic nitrogens is 2. The number of carbonyl (C=O) groups is 2. The normalized spacial score (nSPS) is 17.1. The Morgan fingerprint density at radius 1 is 1.27 bits per heavy atom. The summed E-state index contributed by atoms with van der Waals surface area (Å²) < 4.78 is 1.16. The number of aryl methyl sites for hydroxylation is 1. The van der Waals surface area contributed by atoms with E-state index in [1.807, 2.05) is 6.07 Å². The van der Waals surface area contributed by atoms with E-state index in [1.165, 1.54) is 19.3 Å². The van der Waals surface area contributed by atoms with E-state index >= 15 is 0 Å². The van der Waals surface area contributed by atoms with E-state index in [0.29, 0.717) is 13.1 Å². The molecule has 1 unspecified atom stereocenters. The average molecular weight is 357 g/mol. The Bertz CT molecular complexity index is 975. The molecule has 136 valence electrons. The molecule has 8 nitrogen and oxygen atoms in total.